The van der Waals surface area contributed by atoms with Gasteiger partial charge < -0.3 is 141 Å². The molecule has 2 fully saturated rings. The van der Waals surface area contributed by atoms with Crippen LogP contribution < -0.4 is 71.6 Å². The molecule has 0 bridgehead atoms. The number of nitrogens with two attached hydrogens (primary N) is 6. The Morgan fingerprint density at radius 3 is 2.09 bits per heavy atom. The Morgan fingerprint density at radius 2 is 1.44 bits per heavy atom. The number of carbonyl (C=O) groups is 8. The number of carbonyl (C=O) groups excluding carboxylic acids is 8. The molecule has 0 saturated carbocycles. The van der Waals surface area contributed by atoms with Crippen LogP contribution in [0.1, 0.15) is 102 Å². The van der Waals surface area contributed by atoms with Crippen LogP contribution in [0.4, 0.5) is 10.6 Å². The molecule has 4 aromatic heterocycles. The molecule has 40 nitrogen and oxygen atoms in total. The largest absolute Gasteiger partial charge is 0.441 e. The predicted octanol–water partition coefficient (Wildman–Crippen LogP) is -8.25. The van der Waals surface area contributed by atoms with Crippen molar-refractivity contribution >= 4 is 75.9 Å². The maximum Gasteiger partial charge on any atom is 0.404 e. The van der Waals surface area contributed by atoms with Gasteiger partial charge in [-0.1, -0.05) is 6.92 Å². The molecule has 8 amide bonds. The van der Waals surface area contributed by atoms with E-state index in [0.717, 1.165) is 44.9 Å². The number of rotatable bonds is 39. The molecule has 1 unspecified atom stereocenters. The Balaban J connectivity index is 1.23. The fourth-order valence-electron chi connectivity index (χ4n) is 10.2. The number of nitrogens with zero attached hydrogens (tertiary/aromatic N) is 5. The van der Waals surface area contributed by atoms with E-state index in [1.807, 2.05) is 0 Å². The highest BCUT2D eigenvalue weighted by molar-refractivity contribution is 7.14. The van der Waals surface area contributed by atoms with Crippen molar-refractivity contribution < 1.29 is 103 Å². The molecule has 42 heteroatoms. The van der Waals surface area contributed by atoms with Crippen molar-refractivity contribution in [1.29, 1.82) is 0 Å². The molecule has 0 radical (unpaired) electrons. The number of aromatic amines is 1. The van der Waals surface area contributed by atoms with Gasteiger partial charge in [0.1, 0.15) is 94.6 Å². The minimum atomic E-state index is -2.20. The van der Waals surface area contributed by atoms with Crippen LogP contribution in [0.2, 0.25) is 0 Å². The molecule has 19 atom stereocenters. The lowest BCUT2D eigenvalue weighted by Crippen LogP contribution is -2.65. The Morgan fingerprint density at radius 1 is 0.747 bits per heavy atom. The number of hydrogen-bond acceptors (Lipinski definition) is 33. The summed E-state index contributed by atoms with van der Waals surface area (Å²) in [6, 6.07) is -7.87. The molecule has 0 spiro atoms. The third kappa shape index (κ3) is 22.1. The number of aliphatic hydroxyl groups excluding tert-OH is 8. The zero-order chi connectivity index (χ0) is 72.9. The number of unbranched alkanes of at least 4 members (excludes halogenated alkanes) is 1. The molecule has 550 valence electrons. The van der Waals surface area contributed by atoms with Crippen molar-refractivity contribution in [2.75, 3.05) is 58.2 Å². The summed E-state index contributed by atoms with van der Waals surface area (Å²) < 4.78 is 28.7. The second-order valence-corrected chi connectivity index (χ2v) is 25.2. The fourth-order valence-corrected chi connectivity index (χ4v) is 11.8. The van der Waals surface area contributed by atoms with Gasteiger partial charge in [-0.2, -0.15) is 0 Å². The van der Waals surface area contributed by atoms with Crippen LogP contribution in [-0.4, -0.2) is 268 Å². The number of anilines is 1. The summed E-state index contributed by atoms with van der Waals surface area (Å²) in [5, 5.41) is 111. The lowest BCUT2D eigenvalue weighted by Gasteiger charge is -2.47. The third-order valence-electron chi connectivity index (χ3n) is 15.9. The third-order valence-corrected chi connectivity index (χ3v) is 17.7. The van der Waals surface area contributed by atoms with Crippen molar-refractivity contribution in [3.05, 3.63) is 56.8 Å². The molecule has 2 aliphatic heterocycles. The number of thiazole rings is 2. The number of primary amides is 3. The van der Waals surface area contributed by atoms with Crippen molar-refractivity contribution in [3.8, 4) is 10.7 Å². The summed E-state index contributed by atoms with van der Waals surface area (Å²) in [7, 11) is 0. The van der Waals surface area contributed by atoms with E-state index < -0.39 is 183 Å². The average Bonchev–Trinajstić information content (AvgIpc) is 1.07. The number of ether oxygens (including phenoxy) is 5. The monoisotopic (exact) mass is 1440 g/mol. The van der Waals surface area contributed by atoms with Crippen LogP contribution >= 0.6 is 22.7 Å². The van der Waals surface area contributed by atoms with Gasteiger partial charge in [-0.15, -0.1) is 22.7 Å². The normalized spacial score (nSPS) is 23.6. The van der Waals surface area contributed by atoms with Gasteiger partial charge in [-0.25, -0.2) is 29.7 Å². The van der Waals surface area contributed by atoms with Gasteiger partial charge in [-0.05, 0) is 59.7 Å². The van der Waals surface area contributed by atoms with Crippen molar-refractivity contribution in [3.63, 3.8) is 0 Å². The van der Waals surface area contributed by atoms with Crippen LogP contribution in [-0.2, 0) is 54.1 Å². The SMILES string of the molecule is Cc1c(N)nc([C@H](CC(N)=O)NC[C@H](N)C(N)=O)nc1C(=O)N[C@H](C(=O)N[C@H](C)[C@@H](O)[C@@H](C)C(=O)N[C@H](C(=O)NCCc1nc(-c2nc(C(=O)NCCCNCCCCN)cs2)cs1)[C@@H](C)O)[C@@H](O[C@@H]1O[C@@H](CO)[C@@H](O)[C@H](O)[C@@H]1O[C@@H]1O[C@H](CO)C(O)[C@H](OC(N)=O)[C@@H]1O)c1cnc[nH]1. The standard InChI is InChI=1S/C57H89N19O21S2/c1-22-35(73-48(76-46(22)61)27(14-33(60)80)68-15-26(59)47(62)86)52(90)75-37(43(28-16-65-21-69-28)95-56-45(41(84)39(82)31(17-77)94-56)96-55-42(85)44(97-57(63)92)40(83)32(18-78)93-55)53(91)70-24(3)38(81)23(2)49(87)74-36(25(4)79)51(89)67-13-8-34-71-30(20-98-34)54-72-29(19-99-54)50(88)66-12-7-11-64-10-6-5-9-58/h16,19-21,23-27,31-32,36-45,55-56,64,68,77-79,81-85H,5-15,17-18,58-59H2,1-4H3,(H2,60,80)(H2,62,86)(H2,63,92)(H,65,69)(H,66,88)(H,67,89)(H,70,91)(H,74,87)(H,75,90)(H2,61,73,76)/t23-,24-,25-,26+,27+,31+,32-,36+,37+,38+,39-,40?,41+,42+,43+,44+,45+,55+,56+/m1/s1. The molecule has 2 saturated heterocycles. The quantitative estimate of drug-likeness (QED) is 0.0185. The van der Waals surface area contributed by atoms with Gasteiger partial charge in [-0.3, -0.25) is 33.6 Å². The summed E-state index contributed by atoms with van der Waals surface area (Å²) in [6.45, 7) is 5.29. The maximum atomic E-state index is 15.2. The number of amides is 8. The number of H-pyrrole nitrogens is 1. The van der Waals surface area contributed by atoms with E-state index in [9.17, 15) is 74.4 Å². The van der Waals surface area contributed by atoms with Gasteiger partial charge in [0.05, 0.1) is 72.7 Å². The summed E-state index contributed by atoms with van der Waals surface area (Å²) in [4.78, 5) is 131. The minimum absolute atomic E-state index is 0.0140. The molecular weight excluding hydrogens is 1350 g/mol. The first-order chi connectivity index (χ1) is 47.0. The van der Waals surface area contributed by atoms with E-state index in [1.54, 1.807) is 10.8 Å². The Labute approximate surface area is 573 Å². The summed E-state index contributed by atoms with van der Waals surface area (Å²) >= 11 is 2.50. The first kappa shape index (κ1) is 80.2. The Kier molecular flexibility index (Phi) is 30.9. The zero-order valence-electron chi connectivity index (χ0n) is 54.4. The molecule has 4 aromatic rings. The van der Waals surface area contributed by atoms with Crippen LogP contribution in [0, 0.1) is 12.8 Å². The predicted molar refractivity (Wildman–Crippen MR) is 346 cm³/mol. The average molecular weight is 1440 g/mol. The zero-order valence-corrected chi connectivity index (χ0v) is 56.0. The van der Waals surface area contributed by atoms with Gasteiger partial charge in [0.15, 0.2) is 18.7 Å². The van der Waals surface area contributed by atoms with E-state index in [4.69, 9.17) is 58.1 Å². The topological polar surface area (TPSA) is 665 Å². The molecule has 99 heavy (non-hydrogen) atoms. The summed E-state index contributed by atoms with van der Waals surface area (Å²) in [5.41, 5.74) is 33.6. The molecular formula is C57H89N19O21S2. The first-order valence-corrected chi connectivity index (χ1v) is 33.1. The second-order valence-electron chi connectivity index (χ2n) is 23.4. The lowest BCUT2D eigenvalue weighted by molar-refractivity contribution is -0.372. The first-order valence-electron chi connectivity index (χ1n) is 31.4. The Bertz CT molecular complexity index is 3320. The van der Waals surface area contributed by atoms with E-state index in [1.165, 1.54) is 50.4 Å². The van der Waals surface area contributed by atoms with Gasteiger partial charge in [0, 0.05) is 48.8 Å². The van der Waals surface area contributed by atoms with Gasteiger partial charge in [0.25, 0.3) is 11.8 Å². The van der Waals surface area contributed by atoms with Crippen molar-refractivity contribution in [2.24, 2.45) is 34.6 Å². The van der Waals surface area contributed by atoms with E-state index in [-0.39, 0.29) is 54.0 Å². The number of nitrogen functional groups attached to an aromatic ring is 1. The number of nitrogens with one attached hydrogen (secondary N) is 8. The van der Waals surface area contributed by atoms with Crippen molar-refractivity contribution in [2.45, 2.75) is 170 Å². The molecule has 2 aliphatic rings. The van der Waals surface area contributed by atoms with Crippen LogP contribution in [0.5, 0.6) is 0 Å². The second kappa shape index (κ2) is 38.2. The highest BCUT2D eigenvalue weighted by atomic mass is 32.1. The van der Waals surface area contributed by atoms with Crippen LogP contribution in [0.25, 0.3) is 10.7 Å². The number of aliphatic hydroxyl groups is 8. The minimum Gasteiger partial charge on any atom is -0.441 e. The summed E-state index contributed by atoms with van der Waals surface area (Å²) in [6.07, 6.45) is -22.5. The molecule has 6 heterocycles. The van der Waals surface area contributed by atoms with E-state index >= 15 is 4.79 Å². The highest BCUT2D eigenvalue weighted by Crippen LogP contribution is 2.35. The van der Waals surface area contributed by atoms with Crippen molar-refractivity contribution in [1.82, 2.24) is 67.1 Å². The highest BCUT2D eigenvalue weighted by Gasteiger charge is 2.54. The fraction of sp³-hybridized carbons (Fsp3) is 0.632. The molecule has 28 N–H and O–H groups in total. The summed E-state index contributed by atoms with van der Waals surface area (Å²) in [5.74, 6) is -8.74. The van der Waals surface area contributed by atoms with E-state index in [0.29, 0.717) is 28.8 Å². The lowest BCUT2D eigenvalue weighted by atomic mass is 9.96. The number of hydrogen-bond donors (Lipinski definition) is 22. The van der Waals surface area contributed by atoms with Gasteiger partial charge >= 0.3 is 6.09 Å². The number of aromatic nitrogens is 6. The molecule has 0 aromatic carbocycles. The van der Waals surface area contributed by atoms with E-state index in [2.05, 4.69) is 67.1 Å². The smallest absolute Gasteiger partial charge is 0.404 e. The van der Waals surface area contributed by atoms with Crippen LogP contribution in [0.15, 0.2) is 23.3 Å². The number of imidazole rings is 1. The Hall–Kier alpha value is -7.73. The van der Waals surface area contributed by atoms with Gasteiger partial charge in [0.2, 0.25) is 29.5 Å². The molecule has 6 rings (SSSR count). The van der Waals surface area contributed by atoms with Crippen LogP contribution in [0.3, 0.4) is 0 Å². The maximum absolute atomic E-state index is 15.2. The molecule has 0 aliphatic carbocycles.